The lowest BCUT2D eigenvalue weighted by molar-refractivity contribution is -0.136. The van der Waals surface area contributed by atoms with Crippen molar-refractivity contribution in [2.24, 2.45) is 7.05 Å². The Bertz CT molecular complexity index is 771. The van der Waals surface area contributed by atoms with Gasteiger partial charge in [-0.25, -0.2) is 9.97 Å². The molecule has 1 N–H and O–H groups in total. The second-order valence-corrected chi connectivity index (χ2v) is 6.73. The summed E-state index contributed by atoms with van der Waals surface area (Å²) in [6.45, 7) is 5.86. The number of rotatable bonds is 6. The molecule has 7 nitrogen and oxygen atoms in total. The highest BCUT2D eigenvalue weighted by molar-refractivity contribution is 5.66. The number of likely N-dealkylation sites (tertiary alicyclic amines) is 1. The van der Waals surface area contributed by atoms with Gasteiger partial charge >= 0.3 is 5.97 Å². The average molecular weight is 343 g/mol. The minimum absolute atomic E-state index is 0.0964. The van der Waals surface area contributed by atoms with E-state index < -0.39 is 5.97 Å². The quantitative estimate of drug-likeness (QED) is 0.865. The molecular formula is C18H25N5O2. The smallest absolute Gasteiger partial charge is 0.303 e. The number of nitrogens with zero attached hydrogens (tertiary/aromatic N) is 5. The van der Waals surface area contributed by atoms with Crippen molar-refractivity contribution < 1.29 is 9.90 Å². The summed E-state index contributed by atoms with van der Waals surface area (Å²) < 4.78 is 1.90. The molecule has 0 radical (unpaired) electrons. The number of carboxylic acid groups (broad SMARTS) is 1. The molecule has 2 aromatic rings. The minimum atomic E-state index is -0.799. The Morgan fingerprint density at radius 1 is 1.36 bits per heavy atom. The monoisotopic (exact) mass is 343 g/mol. The van der Waals surface area contributed by atoms with Crippen molar-refractivity contribution in [3.8, 4) is 0 Å². The summed E-state index contributed by atoms with van der Waals surface area (Å²) in [5, 5.41) is 13.2. The third kappa shape index (κ3) is 4.04. The van der Waals surface area contributed by atoms with Gasteiger partial charge in [-0.1, -0.05) is 0 Å². The van der Waals surface area contributed by atoms with Crippen LogP contribution in [-0.2, 0) is 24.8 Å². The molecule has 1 aliphatic rings. The van der Waals surface area contributed by atoms with E-state index in [1.165, 1.54) is 11.3 Å². The lowest BCUT2D eigenvalue weighted by Crippen LogP contribution is -2.24. The molecule has 3 rings (SSSR count). The van der Waals surface area contributed by atoms with E-state index in [-0.39, 0.29) is 12.5 Å². The predicted octanol–water partition coefficient (Wildman–Crippen LogP) is 2.18. The number of aromatic nitrogens is 4. The van der Waals surface area contributed by atoms with Crippen LogP contribution in [0.5, 0.6) is 0 Å². The van der Waals surface area contributed by atoms with Gasteiger partial charge in [0.1, 0.15) is 5.82 Å². The summed E-state index contributed by atoms with van der Waals surface area (Å²) in [6, 6.07) is 2.24. The second kappa shape index (κ2) is 7.31. The first-order valence-electron chi connectivity index (χ1n) is 8.72. The van der Waals surface area contributed by atoms with Crippen molar-refractivity contribution in [3.05, 3.63) is 40.7 Å². The normalized spacial score (nSPS) is 18.0. The molecule has 1 saturated heterocycles. The molecule has 134 valence electrons. The van der Waals surface area contributed by atoms with Gasteiger partial charge in [-0.2, -0.15) is 5.10 Å². The Hall–Kier alpha value is -2.28. The maximum atomic E-state index is 10.8. The summed E-state index contributed by atoms with van der Waals surface area (Å²) >= 11 is 0. The molecule has 25 heavy (non-hydrogen) atoms. The van der Waals surface area contributed by atoms with Crippen LogP contribution in [0.2, 0.25) is 0 Å². The molecule has 0 saturated carbocycles. The number of aliphatic carboxylic acids is 1. The zero-order chi connectivity index (χ0) is 18.0. The zero-order valence-corrected chi connectivity index (χ0v) is 15.1. The Morgan fingerprint density at radius 3 is 2.84 bits per heavy atom. The average Bonchev–Trinajstić information content (AvgIpc) is 3.15. The van der Waals surface area contributed by atoms with Crippen molar-refractivity contribution in [1.29, 1.82) is 0 Å². The largest absolute Gasteiger partial charge is 0.481 e. The SMILES string of the molecule is Cc1nc(CCC(=O)O)cc([C@@H]2CCCN2Cc2cnn(C)c2C)n1. The van der Waals surface area contributed by atoms with Gasteiger partial charge in [0.2, 0.25) is 0 Å². The number of carbonyl (C=O) groups is 1. The molecule has 2 aromatic heterocycles. The predicted molar refractivity (Wildman–Crippen MR) is 93.1 cm³/mol. The first-order valence-corrected chi connectivity index (χ1v) is 8.72. The molecule has 0 spiro atoms. The highest BCUT2D eigenvalue weighted by atomic mass is 16.4. The molecule has 1 fully saturated rings. The van der Waals surface area contributed by atoms with Crippen LogP contribution < -0.4 is 0 Å². The fourth-order valence-electron chi connectivity index (χ4n) is 3.46. The molecule has 0 aliphatic carbocycles. The summed E-state index contributed by atoms with van der Waals surface area (Å²) in [6.07, 6.45) is 4.68. The van der Waals surface area contributed by atoms with Gasteiger partial charge in [0.15, 0.2) is 0 Å². The van der Waals surface area contributed by atoms with Crippen LogP contribution >= 0.6 is 0 Å². The van der Waals surface area contributed by atoms with Crippen molar-refractivity contribution in [1.82, 2.24) is 24.6 Å². The lowest BCUT2D eigenvalue weighted by atomic mass is 10.1. The molecule has 0 amide bonds. The first kappa shape index (κ1) is 17.5. The summed E-state index contributed by atoms with van der Waals surface area (Å²) in [5.74, 6) is -0.0883. The standard InChI is InChI=1S/C18H25N5O2/c1-12-14(10-19-22(12)3)11-23-8-4-5-17(23)16-9-15(6-7-18(24)25)20-13(2)21-16/h9-10,17H,4-8,11H2,1-3H3,(H,24,25)/t17-/m0/s1. The topological polar surface area (TPSA) is 84.1 Å². The van der Waals surface area contributed by atoms with Gasteiger partial charge in [-0.15, -0.1) is 0 Å². The summed E-state index contributed by atoms with van der Waals surface area (Å²) in [4.78, 5) is 22.3. The Kier molecular flexibility index (Phi) is 5.13. The van der Waals surface area contributed by atoms with E-state index in [0.717, 1.165) is 37.3 Å². The summed E-state index contributed by atoms with van der Waals surface area (Å²) in [5.41, 5.74) is 4.25. The van der Waals surface area contributed by atoms with Crippen LogP contribution in [0.3, 0.4) is 0 Å². The van der Waals surface area contributed by atoms with E-state index in [9.17, 15) is 4.79 Å². The number of aryl methyl sites for hydroxylation is 3. The summed E-state index contributed by atoms with van der Waals surface area (Å²) in [7, 11) is 1.96. The third-order valence-corrected chi connectivity index (χ3v) is 4.92. The van der Waals surface area contributed by atoms with Gasteiger partial charge in [-0.05, 0) is 39.3 Å². The highest BCUT2D eigenvalue weighted by Gasteiger charge is 2.28. The molecule has 7 heteroatoms. The van der Waals surface area contributed by atoms with Crippen molar-refractivity contribution in [2.45, 2.75) is 52.1 Å². The molecule has 3 heterocycles. The molecule has 0 aromatic carbocycles. The van der Waals surface area contributed by atoms with Crippen LogP contribution in [0, 0.1) is 13.8 Å². The maximum absolute atomic E-state index is 10.8. The van der Waals surface area contributed by atoms with Gasteiger partial charge in [0.25, 0.3) is 0 Å². The van der Waals surface area contributed by atoms with E-state index in [4.69, 9.17) is 5.11 Å². The van der Waals surface area contributed by atoms with Crippen molar-refractivity contribution in [2.75, 3.05) is 6.54 Å². The zero-order valence-electron chi connectivity index (χ0n) is 15.1. The molecule has 0 bridgehead atoms. The molecule has 0 unspecified atom stereocenters. The van der Waals surface area contributed by atoms with Crippen LogP contribution in [-0.4, -0.2) is 42.3 Å². The lowest BCUT2D eigenvalue weighted by Gasteiger charge is -2.24. The van der Waals surface area contributed by atoms with Gasteiger partial charge in [0, 0.05) is 37.0 Å². The van der Waals surface area contributed by atoms with E-state index >= 15 is 0 Å². The van der Waals surface area contributed by atoms with Crippen LogP contribution in [0.25, 0.3) is 0 Å². The number of hydrogen-bond acceptors (Lipinski definition) is 5. The number of hydrogen-bond donors (Lipinski definition) is 1. The Morgan fingerprint density at radius 2 is 2.16 bits per heavy atom. The van der Waals surface area contributed by atoms with Gasteiger partial charge < -0.3 is 5.11 Å². The van der Waals surface area contributed by atoms with E-state index in [0.29, 0.717) is 12.2 Å². The molecular weight excluding hydrogens is 318 g/mol. The van der Waals surface area contributed by atoms with E-state index in [2.05, 4.69) is 26.9 Å². The van der Waals surface area contributed by atoms with E-state index in [1.807, 2.05) is 30.9 Å². The van der Waals surface area contributed by atoms with Crippen LogP contribution in [0.4, 0.5) is 0 Å². The molecule has 1 aliphatic heterocycles. The minimum Gasteiger partial charge on any atom is -0.481 e. The first-order chi connectivity index (χ1) is 11.9. The van der Waals surface area contributed by atoms with E-state index in [1.54, 1.807) is 0 Å². The molecule has 1 atom stereocenters. The van der Waals surface area contributed by atoms with Gasteiger partial charge in [0.05, 0.1) is 24.4 Å². The van der Waals surface area contributed by atoms with Crippen molar-refractivity contribution in [3.63, 3.8) is 0 Å². The van der Waals surface area contributed by atoms with Crippen LogP contribution in [0.15, 0.2) is 12.3 Å². The number of carboxylic acids is 1. The Balaban J connectivity index is 1.79. The fourth-order valence-corrected chi connectivity index (χ4v) is 3.46. The van der Waals surface area contributed by atoms with Gasteiger partial charge in [-0.3, -0.25) is 14.4 Å². The fraction of sp³-hybridized carbons (Fsp3) is 0.556. The highest BCUT2D eigenvalue weighted by Crippen LogP contribution is 2.32. The maximum Gasteiger partial charge on any atom is 0.303 e. The second-order valence-electron chi connectivity index (χ2n) is 6.73. The Labute approximate surface area is 147 Å². The van der Waals surface area contributed by atoms with Crippen LogP contribution in [0.1, 0.15) is 53.8 Å². The third-order valence-electron chi connectivity index (χ3n) is 4.92. The van der Waals surface area contributed by atoms with Crippen molar-refractivity contribution >= 4 is 5.97 Å².